The first-order valence-corrected chi connectivity index (χ1v) is 9.16. The molecule has 0 unspecified atom stereocenters. The highest BCUT2D eigenvalue weighted by atomic mass is 32.3. The molecule has 0 amide bonds. The fourth-order valence-corrected chi connectivity index (χ4v) is 2.45. The standard InChI is InChI=1S/C14H30O5S.H3N/c1-3-5-6-7-8-9-10-11-12-13-14-18-20(15,16)19-17-4-2;/h3-14H2,1-2H3;1H3/p+1. The summed E-state index contributed by atoms with van der Waals surface area (Å²) in [6.45, 7) is 4.19. The van der Waals surface area contributed by atoms with Crippen LogP contribution in [0.5, 0.6) is 0 Å². The number of quaternary nitrogens is 1. The molecule has 0 fully saturated rings. The molecule has 0 saturated heterocycles. The minimum absolute atomic E-state index is 0. The van der Waals surface area contributed by atoms with Gasteiger partial charge in [0.2, 0.25) is 0 Å². The van der Waals surface area contributed by atoms with Crippen LogP contribution in [-0.2, 0) is 23.8 Å². The lowest BCUT2D eigenvalue weighted by atomic mass is 10.1. The molecule has 0 radical (unpaired) electrons. The maximum atomic E-state index is 11.1. The van der Waals surface area contributed by atoms with Crippen molar-refractivity contribution in [1.82, 2.24) is 6.15 Å². The van der Waals surface area contributed by atoms with Gasteiger partial charge in [0.15, 0.2) is 0 Å². The van der Waals surface area contributed by atoms with Gasteiger partial charge in [-0.1, -0.05) is 69.0 Å². The zero-order valence-corrected chi connectivity index (χ0v) is 14.8. The van der Waals surface area contributed by atoms with E-state index < -0.39 is 10.4 Å². The second-order valence-corrected chi connectivity index (χ2v) is 6.08. The van der Waals surface area contributed by atoms with E-state index in [9.17, 15) is 8.42 Å². The lowest BCUT2D eigenvalue weighted by Gasteiger charge is -2.04. The Kier molecular flexibility index (Phi) is 17.8. The molecular weight excluding hydrogens is 294 g/mol. The van der Waals surface area contributed by atoms with Crippen molar-refractivity contribution in [3.63, 3.8) is 0 Å². The van der Waals surface area contributed by atoms with Gasteiger partial charge in [0, 0.05) is 0 Å². The fraction of sp³-hybridized carbons (Fsp3) is 1.00. The maximum absolute atomic E-state index is 11.1. The van der Waals surface area contributed by atoms with Crippen LogP contribution in [0.4, 0.5) is 0 Å². The molecule has 0 aliphatic rings. The first kappa shape index (κ1) is 23.1. The molecule has 6 nitrogen and oxygen atoms in total. The van der Waals surface area contributed by atoms with Gasteiger partial charge in [-0.05, 0) is 13.3 Å². The second-order valence-electron chi connectivity index (χ2n) is 4.89. The Morgan fingerprint density at radius 3 is 1.71 bits per heavy atom. The normalized spacial score (nSPS) is 11.3. The number of hydrogen-bond donors (Lipinski definition) is 1. The topological polar surface area (TPSA) is 98.3 Å². The van der Waals surface area contributed by atoms with Crippen LogP contribution < -0.4 is 6.15 Å². The van der Waals surface area contributed by atoms with Crippen molar-refractivity contribution in [2.45, 2.75) is 78.1 Å². The Morgan fingerprint density at radius 1 is 0.762 bits per heavy atom. The van der Waals surface area contributed by atoms with E-state index in [1.807, 2.05) is 0 Å². The zero-order chi connectivity index (χ0) is 15.1. The average molecular weight is 328 g/mol. The number of hydrogen-bond acceptors (Lipinski definition) is 5. The van der Waals surface area contributed by atoms with Gasteiger partial charge in [0.05, 0.1) is 13.2 Å². The average Bonchev–Trinajstić information content (AvgIpc) is 2.42. The van der Waals surface area contributed by atoms with Gasteiger partial charge in [-0.25, -0.2) is 9.07 Å². The summed E-state index contributed by atoms with van der Waals surface area (Å²) in [6.07, 6.45) is 12.0. The zero-order valence-electron chi connectivity index (χ0n) is 13.9. The molecule has 130 valence electrons. The molecule has 0 heterocycles. The van der Waals surface area contributed by atoms with Crippen molar-refractivity contribution in [2.24, 2.45) is 0 Å². The Bertz CT molecular complexity index is 296. The molecule has 0 aliphatic carbocycles. The molecule has 0 spiro atoms. The Morgan fingerprint density at radius 2 is 1.24 bits per heavy atom. The molecule has 0 aromatic rings. The SMILES string of the molecule is CCCCCCCCCCCCOS(=O)(=O)OOCC.[NH4+]. The van der Waals surface area contributed by atoms with Gasteiger partial charge in [0.25, 0.3) is 0 Å². The Labute approximate surface area is 130 Å². The quantitative estimate of drug-likeness (QED) is 0.271. The Balaban J connectivity index is 0. The van der Waals surface area contributed by atoms with E-state index in [0.29, 0.717) is 0 Å². The summed E-state index contributed by atoms with van der Waals surface area (Å²) in [5.41, 5.74) is 0. The number of unbranched alkanes of at least 4 members (excludes halogenated alkanes) is 9. The van der Waals surface area contributed by atoms with Crippen LogP contribution >= 0.6 is 0 Å². The molecule has 0 bridgehead atoms. The van der Waals surface area contributed by atoms with Crippen LogP contribution in [0.1, 0.15) is 78.1 Å². The van der Waals surface area contributed by atoms with E-state index >= 15 is 0 Å². The van der Waals surface area contributed by atoms with Crippen LogP contribution in [0.25, 0.3) is 0 Å². The van der Waals surface area contributed by atoms with Gasteiger partial charge >= 0.3 is 10.4 Å². The monoisotopic (exact) mass is 328 g/mol. The summed E-state index contributed by atoms with van der Waals surface area (Å²) in [4.78, 5) is 4.34. The second kappa shape index (κ2) is 16.2. The van der Waals surface area contributed by atoms with Crippen molar-refractivity contribution in [2.75, 3.05) is 13.2 Å². The molecular formula is C14H34NO5S+. The van der Waals surface area contributed by atoms with Crippen molar-refractivity contribution in [3.8, 4) is 0 Å². The predicted octanol–water partition coefficient (Wildman–Crippen LogP) is 4.51. The molecule has 0 aliphatic heterocycles. The van der Waals surface area contributed by atoms with Gasteiger partial charge in [-0.15, -0.1) is 0 Å². The lowest BCUT2D eigenvalue weighted by molar-refractivity contribution is -0.205. The third-order valence-corrected chi connectivity index (χ3v) is 3.69. The minimum Gasteiger partial charge on any atom is -0.369 e. The minimum atomic E-state index is -3.98. The van der Waals surface area contributed by atoms with E-state index in [0.717, 1.165) is 19.3 Å². The summed E-state index contributed by atoms with van der Waals surface area (Å²) >= 11 is 0. The van der Waals surface area contributed by atoms with Crippen LogP contribution in [0.3, 0.4) is 0 Å². The first-order chi connectivity index (χ1) is 9.62. The van der Waals surface area contributed by atoms with Crippen molar-refractivity contribution in [3.05, 3.63) is 0 Å². The van der Waals surface area contributed by atoms with Crippen molar-refractivity contribution >= 4 is 10.4 Å². The summed E-state index contributed by atoms with van der Waals surface area (Å²) in [7, 11) is -3.98. The molecule has 4 N–H and O–H groups in total. The van der Waals surface area contributed by atoms with Crippen LogP contribution in [-0.4, -0.2) is 21.6 Å². The van der Waals surface area contributed by atoms with Gasteiger partial charge in [-0.3, -0.25) is 0 Å². The van der Waals surface area contributed by atoms with E-state index in [1.165, 1.54) is 44.9 Å². The molecule has 0 aromatic carbocycles. The van der Waals surface area contributed by atoms with E-state index in [-0.39, 0.29) is 19.4 Å². The molecule has 0 atom stereocenters. The van der Waals surface area contributed by atoms with Crippen LogP contribution in [0, 0.1) is 0 Å². The lowest BCUT2D eigenvalue weighted by Crippen LogP contribution is -2.11. The highest BCUT2D eigenvalue weighted by molar-refractivity contribution is 7.81. The van der Waals surface area contributed by atoms with Crippen LogP contribution in [0.15, 0.2) is 0 Å². The van der Waals surface area contributed by atoms with Crippen LogP contribution in [0.2, 0.25) is 0 Å². The third kappa shape index (κ3) is 17.7. The predicted molar refractivity (Wildman–Crippen MR) is 85.4 cm³/mol. The van der Waals surface area contributed by atoms with Crippen molar-refractivity contribution in [1.29, 1.82) is 0 Å². The third-order valence-electron chi connectivity index (χ3n) is 2.97. The highest BCUT2D eigenvalue weighted by Gasteiger charge is 2.12. The summed E-state index contributed by atoms with van der Waals surface area (Å²) < 4.78 is 30.9. The smallest absolute Gasteiger partial charge is 0.369 e. The van der Waals surface area contributed by atoms with E-state index in [1.54, 1.807) is 6.92 Å². The number of rotatable bonds is 15. The Hall–Kier alpha value is -0.210. The molecule has 0 rings (SSSR count). The maximum Gasteiger partial charge on any atom is 0.426 e. The highest BCUT2D eigenvalue weighted by Crippen LogP contribution is 2.10. The summed E-state index contributed by atoms with van der Waals surface area (Å²) in [5.74, 6) is 0. The van der Waals surface area contributed by atoms with Gasteiger partial charge < -0.3 is 6.15 Å². The summed E-state index contributed by atoms with van der Waals surface area (Å²) in [5, 5.41) is 0. The van der Waals surface area contributed by atoms with Crippen molar-refractivity contribution < 1.29 is 21.8 Å². The molecule has 21 heavy (non-hydrogen) atoms. The first-order valence-electron chi connectivity index (χ1n) is 7.82. The van der Waals surface area contributed by atoms with Gasteiger partial charge in [0.1, 0.15) is 0 Å². The molecule has 7 heteroatoms. The summed E-state index contributed by atoms with van der Waals surface area (Å²) in [6, 6.07) is 0. The fourth-order valence-electron chi connectivity index (χ4n) is 1.88. The van der Waals surface area contributed by atoms with E-state index in [4.69, 9.17) is 0 Å². The molecule has 0 aromatic heterocycles. The van der Waals surface area contributed by atoms with Gasteiger partial charge in [-0.2, -0.15) is 8.42 Å². The van der Waals surface area contributed by atoms with E-state index in [2.05, 4.69) is 20.3 Å². The largest absolute Gasteiger partial charge is 0.426 e. The molecule has 0 saturated carbocycles.